The Hall–Kier alpha value is -2.14. The smallest absolute Gasteiger partial charge is 0.358 e. The summed E-state index contributed by atoms with van der Waals surface area (Å²) in [6.45, 7) is 2.00. The predicted octanol–water partition coefficient (Wildman–Crippen LogP) is 3.27. The highest BCUT2D eigenvalue weighted by Crippen LogP contribution is 2.25. The molecule has 1 heterocycles. The van der Waals surface area contributed by atoms with Crippen LogP contribution in [0.2, 0.25) is 5.02 Å². The average molecular weight is 293 g/mol. The highest BCUT2D eigenvalue weighted by molar-refractivity contribution is 6.31. The molecule has 0 spiro atoms. The van der Waals surface area contributed by atoms with Crippen LogP contribution in [0.3, 0.4) is 0 Å². The molecule has 0 amide bonds. The molecule has 2 rings (SSSR count). The number of methoxy groups -OCH3 is 1. The molecule has 0 fully saturated rings. The fourth-order valence-corrected chi connectivity index (χ4v) is 1.86. The van der Waals surface area contributed by atoms with Crippen molar-refractivity contribution in [2.45, 2.75) is 13.3 Å². The number of benzene rings is 1. The number of nitrogens with zero attached hydrogens (tertiary/aromatic N) is 2. The summed E-state index contributed by atoms with van der Waals surface area (Å²) < 4.78 is 10.2. The van der Waals surface area contributed by atoms with Gasteiger partial charge in [-0.05, 0) is 30.2 Å². The van der Waals surface area contributed by atoms with Crippen LogP contribution in [-0.2, 0) is 11.2 Å². The molecular formula is C14H13ClN2O3. The topological polar surface area (TPSA) is 61.3 Å². The van der Waals surface area contributed by atoms with Crippen LogP contribution in [0.1, 0.15) is 23.0 Å². The SMILES string of the molecule is CCc1cc(Oc2cncc(C(=O)OC)n2)ccc1Cl. The zero-order valence-corrected chi connectivity index (χ0v) is 11.8. The Morgan fingerprint density at radius 2 is 2.15 bits per heavy atom. The maximum absolute atomic E-state index is 11.4. The molecule has 6 heteroatoms. The summed E-state index contributed by atoms with van der Waals surface area (Å²) in [6.07, 6.45) is 3.54. The molecule has 0 aliphatic rings. The molecule has 0 radical (unpaired) electrons. The van der Waals surface area contributed by atoms with Gasteiger partial charge in [0.05, 0.1) is 19.5 Å². The van der Waals surface area contributed by atoms with E-state index in [-0.39, 0.29) is 11.6 Å². The van der Waals surface area contributed by atoms with Gasteiger partial charge in [0, 0.05) is 5.02 Å². The van der Waals surface area contributed by atoms with Crippen LogP contribution in [0.4, 0.5) is 0 Å². The lowest BCUT2D eigenvalue weighted by molar-refractivity contribution is 0.0592. The number of hydrogen-bond acceptors (Lipinski definition) is 5. The molecule has 1 aromatic heterocycles. The van der Waals surface area contributed by atoms with E-state index in [0.29, 0.717) is 10.8 Å². The standard InChI is InChI=1S/C14H13ClN2O3/c1-3-9-6-10(4-5-11(9)15)20-13-8-16-7-12(17-13)14(18)19-2/h4-8H,3H2,1-2H3. The second-order valence-electron chi connectivity index (χ2n) is 3.94. The number of ether oxygens (including phenoxy) is 2. The number of carbonyl (C=O) groups excluding carboxylic acids is 1. The van der Waals surface area contributed by atoms with E-state index < -0.39 is 5.97 Å². The fraction of sp³-hybridized carbons (Fsp3) is 0.214. The number of hydrogen-bond donors (Lipinski definition) is 0. The van der Waals surface area contributed by atoms with Gasteiger partial charge in [-0.15, -0.1) is 0 Å². The highest BCUT2D eigenvalue weighted by Gasteiger charge is 2.10. The van der Waals surface area contributed by atoms with E-state index in [4.69, 9.17) is 16.3 Å². The van der Waals surface area contributed by atoms with Crippen LogP contribution in [-0.4, -0.2) is 23.0 Å². The first-order valence-electron chi connectivity index (χ1n) is 6.00. The van der Waals surface area contributed by atoms with Gasteiger partial charge >= 0.3 is 5.97 Å². The Kier molecular flexibility index (Phi) is 4.53. The number of aromatic nitrogens is 2. The minimum atomic E-state index is -0.562. The number of carbonyl (C=O) groups is 1. The van der Waals surface area contributed by atoms with Crippen molar-refractivity contribution < 1.29 is 14.3 Å². The second kappa shape index (κ2) is 6.34. The third kappa shape index (κ3) is 3.24. The summed E-state index contributed by atoms with van der Waals surface area (Å²) in [7, 11) is 1.28. The lowest BCUT2D eigenvalue weighted by Gasteiger charge is -2.08. The third-order valence-corrected chi connectivity index (χ3v) is 3.00. The third-order valence-electron chi connectivity index (χ3n) is 2.63. The van der Waals surface area contributed by atoms with Crippen molar-refractivity contribution in [3.8, 4) is 11.6 Å². The van der Waals surface area contributed by atoms with E-state index in [1.54, 1.807) is 12.1 Å². The van der Waals surface area contributed by atoms with E-state index in [9.17, 15) is 4.79 Å². The van der Waals surface area contributed by atoms with E-state index in [1.165, 1.54) is 19.5 Å². The first kappa shape index (κ1) is 14.3. The largest absolute Gasteiger partial charge is 0.464 e. The summed E-state index contributed by atoms with van der Waals surface area (Å²) in [5.41, 5.74) is 1.07. The van der Waals surface area contributed by atoms with Crippen LogP contribution in [0.15, 0.2) is 30.6 Å². The summed E-state index contributed by atoms with van der Waals surface area (Å²) in [5.74, 6) is 0.244. The van der Waals surface area contributed by atoms with Gasteiger partial charge in [0.2, 0.25) is 5.88 Å². The molecular weight excluding hydrogens is 280 g/mol. The molecule has 1 aromatic carbocycles. The minimum absolute atomic E-state index is 0.0923. The Labute approximate surface area is 121 Å². The highest BCUT2D eigenvalue weighted by atomic mass is 35.5. The molecule has 0 unspecified atom stereocenters. The van der Waals surface area contributed by atoms with E-state index in [2.05, 4.69) is 14.7 Å². The minimum Gasteiger partial charge on any atom is -0.464 e. The average Bonchev–Trinajstić information content (AvgIpc) is 2.48. The molecule has 0 saturated carbocycles. The molecule has 0 atom stereocenters. The maximum atomic E-state index is 11.4. The van der Waals surface area contributed by atoms with Crippen molar-refractivity contribution in [3.05, 3.63) is 46.9 Å². The van der Waals surface area contributed by atoms with Crippen LogP contribution in [0.25, 0.3) is 0 Å². The molecule has 0 N–H and O–H groups in total. The number of aryl methyl sites for hydroxylation is 1. The van der Waals surface area contributed by atoms with Crippen LogP contribution in [0.5, 0.6) is 11.6 Å². The maximum Gasteiger partial charge on any atom is 0.358 e. The van der Waals surface area contributed by atoms with Gasteiger partial charge in [-0.2, -0.15) is 0 Å². The van der Waals surface area contributed by atoms with Crippen LogP contribution >= 0.6 is 11.6 Å². The van der Waals surface area contributed by atoms with Crippen molar-refractivity contribution in [3.63, 3.8) is 0 Å². The van der Waals surface area contributed by atoms with Crippen molar-refractivity contribution in [1.82, 2.24) is 9.97 Å². The lowest BCUT2D eigenvalue weighted by Crippen LogP contribution is -2.05. The van der Waals surface area contributed by atoms with Gasteiger partial charge in [-0.3, -0.25) is 4.98 Å². The predicted molar refractivity (Wildman–Crippen MR) is 74.3 cm³/mol. The summed E-state index contributed by atoms with van der Waals surface area (Å²) in [5, 5.41) is 0.689. The molecule has 0 aliphatic carbocycles. The van der Waals surface area contributed by atoms with Gasteiger partial charge in [-0.1, -0.05) is 18.5 Å². The van der Waals surface area contributed by atoms with E-state index >= 15 is 0 Å². The normalized spacial score (nSPS) is 10.2. The molecule has 0 aliphatic heterocycles. The van der Waals surface area contributed by atoms with E-state index in [1.807, 2.05) is 13.0 Å². The van der Waals surface area contributed by atoms with Crippen molar-refractivity contribution in [1.29, 1.82) is 0 Å². The molecule has 2 aromatic rings. The zero-order chi connectivity index (χ0) is 14.5. The molecule has 104 valence electrons. The Bertz CT molecular complexity index is 632. The summed E-state index contributed by atoms with van der Waals surface area (Å²) >= 11 is 6.04. The lowest BCUT2D eigenvalue weighted by atomic mass is 10.1. The van der Waals surface area contributed by atoms with Gasteiger partial charge in [0.1, 0.15) is 5.75 Å². The first-order valence-corrected chi connectivity index (χ1v) is 6.38. The van der Waals surface area contributed by atoms with Gasteiger partial charge in [-0.25, -0.2) is 9.78 Å². The van der Waals surface area contributed by atoms with Crippen molar-refractivity contribution in [2.24, 2.45) is 0 Å². The molecule has 0 saturated heterocycles. The van der Waals surface area contributed by atoms with Gasteiger partial charge in [0.25, 0.3) is 0 Å². The second-order valence-corrected chi connectivity index (χ2v) is 4.35. The monoisotopic (exact) mass is 292 g/mol. The van der Waals surface area contributed by atoms with Crippen LogP contribution < -0.4 is 4.74 Å². The Morgan fingerprint density at radius 3 is 2.85 bits per heavy atom. The van der Waals surface area contributed by atoms with Crippen LogP contribution in [0, 0.1) is 0 Å². The zero-order valence-electron chi connectivity index (χ0n) is 11.1. The summed E-state index contributed by atoms with van der Waals surface area (Å²) in [6, 6.07) is 5.32. The molecule has 0 bridgehead atoms. The first-order chi connectivity index (χ1) is 9.63. The number of halogens is 1. The Morgan fingerprint density at radius 1 is 1.35 bits per heavy atom. The Balaban J connectivity index is 2.24. The van der Waals surface area contributed by atoms with E-state index in [0.717, 1.165) is 12.0 Å². The molecule has 20 heavy (non-hydrogen) atoms. The molecule has 5 nitrogen and oxygen atoms in total. The quantitative estimate of drug-likeness (QED) is 0.809. The number of rotatable bonds is 4. The van der Waals surface area contributed by atoms with Crippen molar-refractivity contribution in [2.75, 3.05) is 7.11 Å². The summed E-state index contributed by atoms with van der Waals surface area (Å²) in [4.78, 5) is 19.3. The van der Waals surface area contributed by atoms with Gasteiger partial charge < -0.3 is 9.47 Å². The van der Waals surface area contributed by atoms with Crippen molar-refractivity contribution >= 4 is 17.6 Å². The fourth-order valence-electron chi connectivity index (χ4n) is 1.61. The van der Waals surface area contributed by atoms with Gasteiger partial charge in [0.15, 0.2) is 5.69 Å². The number of esters is 1.